The molecule has 3 N–H and O–H groups in total. The third-order valence-corrected chi connectivity index (χ3v) is 3.94. The monoisotopic (exact) mass is 233 g/mol. The van der Waals surface area contributed by atoms with Gasteiger partial charge < -0.3 is 10.8 Å². The molecule has 0 heterocycles. The molecule has 0 spiro atoms. The second-order valence-corrected chi connectivity index (χ2v) is 4.93. The lowest BCUT2D eigenvalue weighted by atomic mass is 9.68. The molecule has 3 nitrogen and oxygen atoms in total. The Kier molecular flexibility index (Phi) is 3.48. The quantitative estimate of drug-likeness (QED) is 0.788. The summed E-state index contributed by atoms with van der Waals surface area (Å²) in [5.74, 6) is 0.212. The first-order valence-corrected chi connectivity index (χ1v) is 6.20. The lowest BCUT2D eigenvalue weighted by Gasteiger charge is -2.37. The predicted octanol–water partition coefficient (Wildman–Crippen LogP) is 2.37. The molecule has 0 saturated heterocycles. The number of nitrogens with two attached hydrogens (primary N) is 1. The van der Waals surface area contributed by atoms with Gasteiger partial charge in [0.05, 0.1) is 0 Å². The van der Waals surface area contributed by atoms with E-state index in [0.717, 1.165) is 37.5 Å². The van der Waals surface area contributed by atoms with E-state index in [-0.39, 0.29) is 11.2 Å². The topological polar surface area (TPSA) is 63.3 Å². The van der Waals surface area contributed by atoms with Gasteiger partial charge in [-0.05, 0) is 36.6 Å². The van der Waals surface area contributed by atoms with Gasteiger partial charge in [0.2, 0.25) is 0 Å². The van der Waals surface area contributed by atoms with E-state index in [2.05, 4.69) is 0 Å². The lowest BCUT2D eigenvalue weighted by Crippen LogP contribution is -2.38. The summed E-state index contributed by atoms with van der Waals surface area (Å²) in [5.41, 5.74) is 7.42. The largest absolute Gasteiger partial charge is 0.508 e. The maximum atomic E-state index is 11.1. The van der Waals surface area contributed by atoms with Gasteiger partial charge >= 0.3 is 0 Å². The second-order valence-electron chi connectivity index (χ2n) is 4.93. The Morgan fingerprint density at radius 2 is 2.00 bits per heavy atom. The summed E-state index contributed by atoms with van der Waals surface area (Å²) in [4.78, 5) is 11.1. The highest BCUT2D eigenvalue weighted by atomic mass is 16.3. The first-order chi connectivity index (χ1) is 8.22. The van der Waals surface area contributed by atoms with Crippen LogP contribution in [0.3, 0.4) is 0 Å². The fraction of sp³-hybridized carbons (Fsp3) is 0.500. The van der Waals surface area contributed by atoms with Crippen molar-refractivity contribution in [3.05, 3.63) is 29.3 Å². The summed E-state index contributed by atoms with van der Waals surface area (Å²) in [6.45, 7) is 0.539. The minimum Gasteiger partial charge on any atom is -0.508 e. The average molecular weight is 233 g/mol. The molecule has 0 radical (unpaired) electrons. The summed E-state index contributed by atoms with van der Waals surface area (Å²) < 4.78 is 0. The van der Waals surface area contributed by atoms with E-state index in [4.69, 9.17) is 5.73 Å². The zero-order valence-corrected chi connectivity index (χ0v) is 9.98. The summed E-state index contributed by atoms with van der Waals surface area (Å²) in [5, 5.41) is 9.62. The number of aromatic hydroxyl groups is 1. The normalized spacial score (nSPS) is 18.9. The van der Waals surface area contributed by atoms with Gasteiger partial charge in [-0.15, -0.1) is 0 Å². The molecular formula is C14H19NO2. The molecule has 0 amide bonds. The Bertz CT molecular complexity index is 409. The molecule has 0 atom stereocenters. The van der Waals surface area contributed by atoms with Crippen LogP contribution in [0.2, 0.25) is 0 Å². The van der Waals surface area contributed by atoms with Gasteiger partial charge in [0.25, 0.3) is 0 Å². The first-order valence-electron chi connectivity index (χ1n) is 6.20. The highest BCUT2D eigenvalue weighted by Gasteiger charge is 2.34. The molecule has 92 valence electrons. The summed E-state index contributed by atoms with van der Waals surface area (Å²) >= 11 is 0. The number of hydrogen-bond acceptors (Lipinski definition) is 3. The molecule has 1 aliphatic rings. The van der Waals surface area contributed by atoms with Crippen molar-refractivity contribution in [2.75, 3.05) is 6.54 Å². The van der Waals surface area contributed by atoms with Crippen molar-refractivity contribution in [1.82, 2.24) is 0 Å². The Morgan fingerprint density at radius 1 is 1.29 bits per heavy atom. The van der Waals surface area contributed by atoms with Crippen molar-refractivity contribution in [3.8, 4) is 5.75 Å². The molecule has 1 fully saturated rings. The first kappa shape index (κ1) is 12.1. The summed E-state index contributed by atoms with van der Waals surface area (Å²) in [6.07, 6.45) is 6.40. The zero-order chi connectivity index (χ0) is 12.3. The smallest absolute Gasteiger partial charge is 0.150 e. The SMILES string of the molecule is NCC1(c2cc(O)ccc2C=O)CCCCC1. The lowest BCUT2D eigenvalue weighted by molar-refractivity contribution is 0.112. The highest BCUT2D eigenvalue weighted by molar-refractivity contribution is 5.78. The third-order valence-electron chi connectivity index (χ3n) is 3.94. The molecule has 0 aliphatic heterocycles. The standard InChI is InChI=1S/C14H19NO2/c15-10-14(6-2-1-3-7-14)13-8-12(17)5-4-11(13)9-16/h4-5,8-9,17H,1-3,6-7,10,15H2. The van der Waals surface area contributed by atoms with Crippen LogP contribution >= 0.6 is 0 Å². The Morgan fingerprint density at radius 3 is 2.59 bits per heavy atom. The molecule has 1 aromatic rings. The van der Waals surface area contributed by atoms with Gasteiger partial charge in [-0.25, -0.2) is 0 Å². The van der Waals surface area contributed by atoms with Gasteiger partial charge in [0, 0.05) is 17.5 Å². The number of aldehydes is 1. The van der Waals surface area contributed by atoms with Crippen molar-refractivity contribution < 1.29 is 9.90 Å². The Hall–Kier alpha value is -1.35. The Balaban J connectivity index is 2.48. The molecule has 2 rings (SSSR count). The van der Waals surface area contributed by atoms with Crippen LogP contribution < -0.4 is 5.73 Å². The van der Waals surface area contributed by atoms with Crippen LogP contribution in [0.5, 0.6) is 5.75 Å². The van der Waals surface area contributed by atoms with Crippen LogP contribution in [0.15, 0.2) is 18.2 Å². The van der Waals surface area contributed by atoms with E-state index in [1.54, 1.807) is 18.2 Å². The van der Waals surface area contributed by atoms with Gasteiger partial charge in [-0.1, -0.05) is 19.3 Å². The molecular weight excluding hydrogens is 214 g/mol. The fourth-order valence-corrected chi connectivity index (χ4v) is 2.92. The molecule has 0 bridgehead atoms. The van der Waals surface area contributed by atoms with Crippen LogP contribution in [0.25, 0.3) is 0 Å². The van der Waals surface area contributed by atoms with Crippen LogP contribution in [0.4, 0.5) is 0 Å². The molecule has 1 saturated carbocycles. The minimum absolute atomic E-state index is 0.118. The number of rotatable bonds is 3. The van der Waals surface area contributed by atoms with Crippen molar-refractivity contribution in [2.45, 2.75) is 37.5 Å². The van der Waals surface area contributed by atoms with Crippen LogP contribution in [0, 0.1) is 0 Å². The van der Waals surface area contributed by atoms with Crippen molar-refractivity contribution >= 4 is 6.29 Å². The van der Waals surface area contributed by atoms with E-state index < -0.39 is 0 Å². The van der Waals surface area contributed by atoms with Crippen LogP contribution in [0.1, 0.15) is 48.0 Å². The van der Waals surface area contributed by atoms with Gasteiger partial charge in [-0.2, -0.15) is 0 Å². The number of carbonyl (C=O) groups excluding carboxylic acids is 1. The number of phenolic OH excluding ortho intramolecular Hbond substituents is 1. The van der Waals surface area contributed by atoms with Crippen LogP contribution in [-0.4, -0.2) is 17.9 Å². The number of phenols is 1. The van der Waals surface area contributed by atoms with Gasteiger partial charge in [-0.3, -0.25) is 4.79 Å². The molecule has 17 heavy (non-hydrogen) atoms. The van der Waals surface area contributed by atoms with Crippen molar-refractivity contribution in [2.24, 2.45) is 5.73 Å². The van der Waals surface area contributed by atoms with E-state index in [0.29, 0.717) is 12.1 Å². The average Bonchev–Trinajstić information content (AvgIpc) is 2.39. The predicted molar refractivity (Wildman–Crippen MR) is 67.3 cm³/mol. The maximum absolute atomic E-state index is 11.1. The van der Waals surface area contributed by atoms with E-state index in [9.17, 15) is 9.90 Å². The molecule has 0 unspecified atom stereocenters. The van der Waals surface area contributed by atoms with E-state index in [1.807, 2.05) is 0 Å². The molecule has 1 aliphatic carbocycles. The third kappa shape index (κ3) is 2.20. The van der Waals surface area contributed by atoms with Crippen molar-refractivity contribution in [3.63, 3.8) is 0 Å². The van der Waals surface area contributed by atoms with Crippen LogP contribution in [-0.2, 0) is 5.41 Å². The number of carbonyl (C=O) groups is 1. The molecule has 0 aromatic heterocycles. The summed E-state index contributed by atoms with van der Waals surface area (Å²) in [6, 6.07) is 4.95. The number of hydrogen-bond donors (Lipinski definition) is 2. The summed E-state index contributed by atoms with van der Waals surface area (Å²) in [7, 11) is 0. The second kappa shape index (κ2) is 4.88. The van der Waals surface area contributed by atoms with E-state index >= 15 is 0 Å². The Labute approximate surface area is 102 Å². The highest BCUT2D eigenvalue weighted by Crippen LogP contribution is 2.40. The maximum Gasteiger partial charge on any atom is 0.150 e. The molecule has 1 aromatic carbocycles. The number of benzene rings is 1. The van der Waals surface area contributed by atoms with Gasteiger partial charge in [0.1, 0.15) is 12.0 Å². The fourth-order valence-electron chi connectivity index (χ4n) is 2.92. The zero-order valence-electron chi connectivity index (χ0n) is 9.98. The van der Waals surface area contributed by atoms with E-state index in [1.165, 1.54) is 6.42 Å². The van der Waals surface area contributed by atoms with Crippen molar-refractivity contribution in [1.29, 1.82) is 0 Å². The van der Waals surface area contributed by atoms with Gasteiger partial charge in [0.15, 0.2) is 0 Å². The minimum atomic E-state index is -0.118. The molecule has 3 heteroatoms.